The predicted molar refractivity (Wildman–Crippen MR) is 76.7 cm³/mol. The largest absolute Gasteiger partial charge is 0.476 e. The van der Waals surface area contributed by atoms with Crippen LogP contribution in [-0.4, -0.2) is 45.9 Å². The van der Waals surface area contributed by atoms with Gasteiger partial charge in [-0.2, -0.15) is 0 Å². The van der Waals surface area contributed by atoms with Crippen LogP contribution < -0.4 is 0 Å². The van der Waals surface area contributed by atoms with Gasteiger partial charge in [0.25, 0.3) is 0 Å². The Labute approximate surface area is 136 Å². The van der Waals surface area contributed by atoms with E-state index in [4.69, 9.17) is 9.52 Å². The second-order valence-electron chi connectivity index (χ2n) is 7.11. The lowest BCUT2D eigenvalue weighted by molar-refractivity contribution is -0.135. The second kappa shape index (κ2) is 5.26. The van der Waals surface area contributed by atoms with Crippen molar-refractivity contribution in [1.29, 1.82) is 0 Å². The first-order valence-corrected chi connectivity index (χ1v) is 8.20. The molecule has 1 aliphatic heterocycles. The van der Waals surface area contributed by atoms with Gasteiger partial charge in [0.1, 0.15) is 5.76 Å². The Hall–Kier alpha value is -1.99. The van der Waals surface area contributed by atoms with Gasteiger partial charge in [-0.1, -0.05) is 0 Å². The molecule has 130 valence electrons. The molecule has 8 heteroatoms. The van der Waals surface area contributed by atoms with E-state index >= 15 is 0 Å². The standard InChI is InChI=1S/C16H18F2N2O4/c17-16(18)4-9-10(5-16)11(9)14(21)20-3-1-2-8(6-20)13-12(15(22)23)19-7-24-13/h7-11H,1-6H2,(H,22,23)/t8?,9-,10+,11?. The SMILES string of the molecule is O=C(O)c1ncoc1C1CCCN(C(=O)C2[C@H]3CC(F)(F)C[C@@H]23)C1. The number of carbonyl (C=O) groups excluding carboxylic acids is 1. The fourth-order valence-corrected chi connectivity index (χ4v) is 4.45. The minimum Gasteiger partial charge on any atom is -0.476 e. The highest BCUT2D eigenvalue weighted by molar-refractivity contribution is 5.86. The monoisotopic (exact) mass is 340 g/mol. The Morgan fingerprint density at radius 3 is 2.71 bits per heavy atom. The molecule has 0 radical (unpaired) electrons. The van der Waals surface area contributed by atoms with Crippen LogP contribution in [0.4, 0.5) is 8.78 Å². The van der Waals surface area contributed by atoms with Crippen LogP contribution in [0.15, 0.2) is 10.8 Å². The van der Waals surface area contributed by atoms with Gasteiger partial charge in [-0.3, -0.25) is 4.79 Å². The maximum absolute atomic E-state index is 13.3. The van der Waals surface area contributed by atoms with Crippen LogP contribution in [0.25, 0.3) is 0 Å². The number of halogens is 2. The van der Waals surface area contributed by atoms with E-state index in [0.29, 0.717) is 18.8 Å². The number of carboxylic acid groups (broad SMARTS) is 1. The van der Waals surface area contributed by atoms with E-state index in [9.17, 15) is 18.4 Å². The molecule has 6 nitrogen and oxygen atoms in total. The van der Waals surface area contributed by atoms with Gasteiger partial charge in [0, 0.05) is 37.8 Å². The van der Waals surface area contributed by atoms with Gasteiger partial charge in [0.05, 0.1) is 0 Å². The molecular formula is C16H18F2N2O4. The first-order chi connectivity index (χ1) is 11.4. The summed E-state index contributed by atoms with van der Waals surface area (Å²) in [6.45, 7) is 0.943. The fraction of sp³-hybridized carbons (Fsp3) is 0.688. The summed E-state index contributed by atoms with van der Waals surface area (Å²) >= 11 is 0. The molecular weight excluding hydrogens is 322 g/mol. The average molecular weight is 340 g/mol. The van der Waals surface area contributed by atoms with Gasteiger partial charge in [-0.25, -0.2) is 18.6 Å². The molecule has 2 heterocycles. The van der Waals surface area contributed by atoms with Crippen LogP contribution >= 0.6 is 0 Å². The van der Waals surface area contributed by atoms with Crippen molar-refractivity contribution in [3.63, 3.8) is 0 Å². The third kappa shape index (κ3) is 2.48. The summed E-state index contributed by atoms with van der Waals surface area (Å²) in [6.07, 6.45) is 2.18. The Bertz CT molecular complexity index is 675. The lowest BCUT2D eigenvalue weighted by Crippen LogP contribution is -2.41. The van der Waals surface area contributed by atoms with E-state index in [2.05, 4.69) is 4.98 Å². The van der Waals surface area contributed by atoms with Crippen LogP contribution in [0.5, 0.6) is 0 Å². The molecule has 2 unspecified atom stereocenters. The number of hydrogen-bond donors (Lipinski definition) is 1. The van der Waals surface area contributed by atoms with Crippen LogP contribution in [-0.2, 0) is 4.79 Å². The Balaban J connectivity index is 1.44. The molecule has 0 spiro atoms. The molecule has 1 N–H and O–H groups in total. The summed E-state index contributed by atoms with van der Waals surface area (Å²) < 4.78 is 31.8. The molecule has 0 bridgehead atoms. The number of carbonyl (C=O) groups is 2. The van der Waals surface area contributed by atoms with Gasteiger partial charge in [0.15, 0.2) is 12.1 Å². The minimum absolute atomic E-state index is 0.0680. The number of likely N-dealkylation sites (tertiary alicyclic amines) is 1. The maximum atomic E-state index is 13.3. The van der Waals surface area contributed by atoms with Gasteiger partial charge in [-0.05, 0) is 24.7 Å². The summed E-state index contributed by atoms with van der Waals surface area (Å²) in [4.78, 5) is 29.2. The lowest BCUT2D eigenvalue weighted by atomic mass is 9.93. The zero-order valence-electron chi connectivity index (χ0n) is 13.0. The molecule has 1 aromatic heterocycles. The number of alkyl halides is 2. The number of rotatable bonds is 3. The predicted octanol–water partition coefficient (Wildman–Crippen LogP) is 2.37. The lowest BCUT2D eigenvalue weighted by Gasteiger charge is -2.32. The molecule has 1 saturated heterocycles. The highest BCUT2D eigenvalue weighted by atomic mass is 19.3. The Morgan fingerprint density at radius 1 is 1.33 bits per heavy atom. The van der Waals surface area contributed by atoms with Crippen molar-refractivity contribution in [3.05, 3.63) is 17.8 Å². The number of carboxylic acids is 1. The van der Waals surface area contributed by atoms with Crippen LogP contribution in [0, 0.1) is 17.8 Å². The van der Waals surface area contributed by atoms with Crippen molar-refractivity contribution >= 4 is 11.9 Å². The molecule has 3 aliphatic rings. The maximum Gasteiger partial charge on any atom is 0.358 e. The van der Waals surface area contributed by atoms with Gasteiger partial charge < -0.3 is 14.4 Å². The number of amides is 1. The molecule has 1 aromatic rings. The number of nitrogens with zero attached hydrogens (tertiary/aromatic N) is 2. The van der Waals surface area contributed by atoms with Crippen molar-refractivity contribution < 1.29 is 27.9 Å². The van der Waals surface area contributed by atoms with E-state index in [1.54, 1.807) is 4.90 Å². The third-order valence-electron chi connectivity index (χ3n) is 5.59. The highest BCUT2D eigenvalue weighted by Crippen LogP contribution is 2.63. The first kappa shape index (κ1) is 15.5. The van der Waals surface area contributed by atoms with Gasteiger partial charge in [0.2, 0.25) is 11.8 Å². The second-order valence-corrected chi connectivity index (χ2v) is 7.11. The van der Waals surface area contributed by atoms with Crippen LogP contribution in [0.2, 0.25) is 0 Å². The Morgan fingerprint density at radius 2 is 2.04 bits per heavy atom. The number of fused-ring (bicyclic) bond motifs is 1. The number of hydrogen-bond acceptors (Lipinski definition) is 4. The average Bonchev–Trinajstić information content (AvgIpc) is 2.93. The molecule has 2 aliphatic carbocycles. The smallest absolute Gasteiger partial charge is 0.358 e. The minimum atomic E-state index is -2.62. The van der Waals surface area contributed by atoms with Gasteiger partial charge >= 0.3 is 5.97 Å². The van der Waals surface area contributed by atoms with Crippen molar-refractivity contribution in [3.8, 4) is 0 Å². The number of piperidine rings is 1. The fourth-order valence-electron chi connectivity index (χ4n) is 4.45. The highest BCUT2D eigenvalue weighted by Gasteiger charge is 2.66. The van der Waals surface area contributed by atoms with Crippen molar-refractivity contribution in [2.75, 3.05) is 13.1 Å². The van der Waals surface area contributed by atoms with E-state index in [1.807, 2.05) is 0 Å². The number of aromatic nitrogens is 1. The number of oxazole rings is 1. The van der Waals surface area contributed by atoms with Crippen molar-refractivity contribution in [2.45, 2.75) is 37.5 Å². The summed E-state index contributed by atoms with van der Waals surface area (Å²) in [5, 5.41) is 9.14. The molecule has 2 saturated carbocycles. The normalized spacial score (nSPS) is 34.0. The molecule has 4 rings (SSSR count). The zero-order valence-corrected chi connectivity index (χ0v) is 13.0. The van der Waals surface area contributed by atoms with Crippen molar-refractivity contribution in [2.24, 2.45) is 17.8 Å². The van der Waals surface area contributed by atoms with Crippen LogP contribution in [0.1, 0.15) is 47.8 Å². The zero-order chi connectivity index (χ0) is 17.1. The molecule has 24 heavy (non-hydrogen) atoms. The van der Waals surface area contributed by atoms with E-state index in [1.165, 1.54) is 0 Å². The van der Waals surface area contributed by atoms with Gasteiger partial charge in [-0.15, -0.1) is 0 Å². The molecule has 0 aromatic carbocycles. The quantitative estimate of drug-likeness (QED) is 0.913. The summed E-state index contributed by atoms with van der Waals surface area (Å²) in [5.74, 6) is -4.41. The van der Waals surface area contributed by atoms with E-state index in [-0.39, 0.29) is 48.1 Å². The Kier molecular flexibility index (Phi) is 3.40. The van der Waals surface area contributed by atoms with E-state index in [0.717, 1.165) is 19.2 Å². The number of aromatic carboxylic acids is 1. The molecule has 1 amide bonds. The molecule has 4 atom stereocenters. The first-order valence-electron chi connectivity index (χ1n) is 8.20. The summed E-state index contributed by atoms with van der Waals surface area (Å²) in [6, 6.07) is 0. The molecule has 3 fully saturated rings. The summed E-state index contributed by atoms with van der Waals surface area (Å²) in [5.41, 5.74) is -0.114. The third-order valence-corrected chi connectivity index (χ3v) is 5.59. The van der Waals surface area contributed by atoms with Crippen LogP contribution in [0.3, 0.4) is 0 Å². The summed E-state index contributed by atoms with van der Waals surface area (Å²) in [7, 11) is 0. The topological polar surface area (TPSA) is 83.6 Å². The van der Waals surface area contributed by atoms with Crippen molar-refractivity contribution in [1.82, 2.24) is 9.88 Å². The van der Waals surface area contributed by atoms with E-state index < -0.39 is 11.9 Å².